The fourth-order valence-corrected chi connectivity index (χ4v) is 5.09. The van der Waals surface area contributed by atoms with E-state index in [1.54, 1.807) is 0 Å². The molecule has 2 bridgehead atoms. The Labute approximate surface area is 132 Å². The summed E-state index contributed by atoms with van der Waals surface area (Å²) >= 11 is 0. The molecule has 0 aromatic heterocycles. The molecule has 5 nitrogen and oxygen atoms in total. The molecule has 0 aromatic carbocycles. The fourth-order valence-electron chi connectivity index (χ4n) is 5.09. The van der Waals surface area contributed by atoms with Crippen molar-refractivity contribution in [2.45, 2.75) is 44.6 Å². The molecule has 0 aromatic rings. The number of hydrogen-bond acceptors (Lipinski definition) is 4. The van der Waals surface area contributed by atoms with Crippen molar-refractivity contribution in [3.63, 3.8) is 0 Å². The van der Waals surface area contributed by atoms with E-state index in [1.807, 2.05) is 0 Å². The highest BCUT2D eigenvalue weighted by Crippen LogP contribution is 2.46. The van der Waals surface area contributed by atoms with Gasteiger partial charge in [-0.3, -0.25) is 24.3 Å². The Balaban J connectivity index is 1.22. The van der Waals surface area contributed by atoms with Crippen molar-refractivity contribution in [2.75, 3.05) is 39.3 Å². The number of imide groups is 1. The molecule has 2 amide bonds. The number of hydrogen-bond donors (Lipinski definition) is 0. The van der Waals surface area contributed by atoms with E-state index in [0.717, 1.165) is 50.6 Å². The third-order valence-electron chi connectivity index (χ3n) is 6.37. The summed E-state index contributed by atoms with van der Waals surface area (Å²) in [5, 5.41) is 0. The lowest BCUT2D eigenvalue weighted by Crippen LogP contribution is -2.53. The van der Waals surface area contributed by atoms with E-state index in [-0.39, 0.29) is 11.8 Å². The van der Waals surface area contributed by atoms with E-state index < -0.39 is 0 Å². The number of rotatable bonds is 4. The quantitative estimate of drug-likeness (QED) is 0.725. The van der Waals surface area contributed by atoms with Gasteiger partial charge in [0.2, 0.25) is 11.8 Å². The Morgan fingerprint density at radius 1 is 0.864 bits per heavy atom. The Hall–Kier alpha value is -0.940. The number of nitrogens with zero attached hydrogens (tertiary/aromatic N) is 3. The minimum atomic E-state index is 0.0191. The number of piperazine rings is 1. The average Bonchev–Trinajstić information content (AvgIpc) is 3.23. The lowest BCUT2D eigenvalue weighted by molar-refractivity contribution is -0.138. The monoisotopic (exact) mass is 305 g/mol. The number of carbonyl (C=O) groups excluding carboxylic acids is 2. The molecule has 4 fully saturated rings. The molecule has 4 rings (SSSR count). The van der Waals surface area contributed by atoms with Crippen LogP contribution in [0, 0.1) is 11.8 Å². The van der Waals surface area contributed by atoms with Gasteiger partial charge >= 0.3 is 0 Å². The lowest BCUT2D eigenvalue weighted by Gasteiger charge is -2.41. The lowest BCUT2D eigenvalue weighted by atomic mass is 9.93. The van der Waals surface area contributed by atoms with Crippen molar-refractivity contribution in [2.24, 2.45) is 11.8 Å². The van der Waals surface area contributed by atoms with Crippen molar-refractivity contribution in [1.82, 2.24) is 14.7 Å². The van der Waals surface area contributed by atoms with Gasteiger partial charge in [-0.15, -0.1) is 0 Å². The Morgan fingerprint density at radius 3 is 2.18 bits per heavy atom. The summed E-state index contributed by atoms with van der Waals surface area (Å²) in [4.78, 5) is 29.9. The summed E-state index contributed by atoms with van der Waals surface area (Å²) in [6, 6.07) is 0.850. The summed E-state index contributed by atoms with van der Waals surface area (Å²) in [6.07, 6.45) is 6.66. The highest BCUT2D eigenvalue weighted by molar-refractivity contribution is 6.01. The van der Waals surface area contributed by atoms with Crippen molar-refractivity contribution in [3.05, 3.63) is 0 Å². The normalized spacial score (nSPS) is 36.7. The molecule has 2 heterocycles. The van der Waals surface area contributed by atoms with Crippen molar-refractivity contribution < 1.29 is 9.59 Å². The van der Waals surface area contributed by atoms with Crippen molar-refractivity contribution in [1.29, 1.82) is 0 Å². The molecule has 0 N–H and O–H groups in total. The van der Waals surface area contributed by atoms with Crippen LogP contribution >= 0.6 is 0 Å². The zero-order valence-corrected chi connectivity index (χ0v) is 13.4. The predicted octanol–water partition coefficient (Wildman–Crippen LogP) is 0.942. The molecular formula is C17H27N3O2. The van der Waals surface area contributed by atoms with Crippen LogP contribution in [0.4, 0.5) is 0 Å². The maximum absolute atomic E-state index is 11.6. The third-order valence-corrected chi connectivity index (χ3v) is 6.37. The van der Waals surface area contributed by atoms with E-state index >= 15 is 0 Å². The minimum absolute atomic E-state index is 0.0191. The molecule has 2 saturated heterocycles. The molecule has 2 aliphatic heterocycles. The van der Waals surface area contributed by atoms with E-state index in [2.05, 4.69) is 9.80 Å². The number of carbonyl (C=O) groups is 2. The first-order chi connectivity index (χ1) is 10.7. The van der Waals surface area contributed by atoms with Crippen molar-refractivity contribution >= 4 is 11.8 Å². The zero-order valence-electron chi connectivity index (χ0n) is 13.4. The average molecular weight is 305 g/mol. The molecule has 5 heteroatoms. The van der Waals surface area contributed by atoms with Gasteiger partial charge in [-0.05, 0) is 31.1 Å². The van der Waals surface area contributed by atoms with Crippen LogP contribution in [0.3, 0.4) is 0 Å². The Bertz CT molecular complexity index is 443. The van der Waals surface area contributed by atoms with Crippen LogP contribution in [-0.2, 0) is 9.59 Å². The van der Waals surface area contributed by atoms with Gasteiger partial charge in [-0.2, -0.15) is 0 Å². The molecule has 0 unspecified atom stereocenters. The molecule has 0 radical (unpaired) electrons. The van der Waals surface area contributed by atoms with Crippen LogP contribution in [-0.4, -0.2) is 71.8 Å². The maximum Gasteiger partial charge on any atom is 0.229 e. The van der Waals surface area contributed by atoms with Gasteiger partial charge in [0.15, 0.2) is 0 Å². The first-order valence-electron chi connectivity index (χ1n) is 9.00. The number of likely N-dealkylation sites (tertiary alicyclic amines) is 1. The highest BCUT2D eigenvalue weighted by atomic mass is 16.2. The second-order valence-corrected chi connectivity index (χ2v) is 7.56. The van der Waals surface area contributed by atoms with Gasteiger partial charge in [-0.1, -0.05) is 6.42 Å². The van der Waals surface area contributed by atoms with E-state index in [4.69, 9.17) is 0 Å². The molecule has 22 heavy (non-hydrogen) atoms. The molecular weight excluding hydrogens is 278 g/mol. The van der Waals surface area contributed by atoms with Gasteiger partial charge in [0, 0.05) is 58.2 Å². The SMILES string of the molecule is O=C1CCC(=O)N1CCN1CCN([C@H]2C[C@H]3CC[C@H]2C3)CC1. The first kappa shape index (κ1) is 14.6. The summed E-state index contributed by atoms with van der Waals surface area (Å²) in [5.74, 6) is 2.02. The van der Waals surface area contributed by atoms with Crippen LogP contribution < -0.4 is 0 Å². The van der Waals surface area contributed by atoms with Gasteiger partial charge in [0.05, 0.1) is 0 Å². The van der Waals surface area contributed by atoms with Crippen LogP contribution in [0.5, 0.6) is 0 Å². The topological polar surface area (TPSA) is 43.9 Å². The Kier molecular flexibility index (Phi) is 3.95. The maximum atomic E-state index is 11.6. The van der Waals surface area contributed by atoms with Crippen LogP contribution in [0.25, 0.3) is 0 Å². The molecule has 2 saturated carbocycles. The summed E-state index contributed by atoms with van der Waals surface area (Å²) in [6.45, 7) is 5.94. The summed E-state index contributed by atoms with van der Waals surface area (Å²) in [7, 11) is 0. The van der Waals surface area contributed by atoms with Crippen molar-refractivity contribution in [3.8, 4) is 0 Å². The zero-order chi connectivity index (χ0) is 15.1. The first-order valence-corrected chi connectivity index (χ1v) is 9.00. The van der Waals surface area contributed by atoms with Gasteiger partial charge in [0.25, 0.3) is 0 Å². The molecule has 3 atom stereocenters. The van der Waals surface area contributed by atoms with Crippen LogP contribution in [0.1, 0.15) is 38.5 Å². The van der Waals surface area contributed by atoms with Gasteiger partial charge < -0.3 is 0 Å². The standard InChI is InChI=1S/C17H27N3O2/c21-16-3-4-17(22)20(16)10-7-18-5-8-19(9-6-18)15-12-13-1-2-14(15)11-13/h13-15H,1-12H2/t13-,14-,15-/m0/s1. The van der Waals surface area contributed by atoms with Gasteiger partial charge in [0.1, 0.15) is 0 Å². The summed E-state index contributed by atoms with van der Waals surface area (Å²) in [5.41, 5.74) is 0. The molecule has 0 spiro atoms. The number of fused-ring (bicyclic) bond motifs is 2. The third kappa shape index (κ3) is 2.69. The molecule has 2 aliphatic carbocycles. The second-order valence-electron chi connectivity index (χ2n) is 7.56. The fraction of sp³-hybridized carbons (Fsp3) is 0.882. The number of amides is 2. The largest absolute Gasteiger partial charge is 0.299 e. The second kappa shape index (κ2) is 5.93. The minimum Gasteiger partial charge on any atom is -0.299 e. The summed E-state index contributed by atoms with van der Waals surface area (Å²) < 4.78 is 0. The van der Waals surface area contributed by atoms with Crippen LogP contribution in [0.15, 0.2) is 0 Å². The smallest absolute Gasteiger partial charge is 0.229 e. The van der Waals surface area contributed by atoms with Gasteiger partial charge in [-0.25, -0.2) is 0 Å². The molecule has 4 aliphatic rings. The van der Waals surface area contributed by atoms with E-state index in [0.29, 0.717) is 19.4 Å². The van der Waals surface area contributed by atoms with E-state index in [9.17, 15) is 9.59 Å². The van der Waals surface area contributed by atoms with E-state index in [1.165, 1.54) is 30.6 Å². The highest BCUT2D eigenvalue weighted by Gasteiger charge is 2.42. The predicted molar refractivity (Wildman–Crippen MR) is 83.2 cm³/mol. The van der Waals surface area contributed by atoms with Crippen LogP contribution in [0.2, 0.25) is 0 Å². The Morgan fingerprint density at radius 2 is 1.59 bits per heavy atom. The molecule has 122 valence electrons.